The maximum absolute atomic E-state index is 11.8. The maximum Gasteiger partial charge on any atom is 0.235 e. The molecule has 1 aliphatic heterocycles. The molecule has 2 aromatic heterocycles. The second-order valence-electron chi connectivity index (χ2n) is 5.49. The van der Waals surface area contributed by atoms with Crippen LogP contribution in [0.4, 0.5) is 5.82 Å². The number of aromatic nitrogens is 2. The average Bonchev–Trinajstić information content (AvgIpc) is 2.98. The van der Waals surface area contributed by atoms with Crippen LogP contribution in [-0.2, 0) is 16.6 Å². The van der Waals surface area contributed by atoms with E-state index in [0.29, 0.717) is 24.0 Å². The summed E-state index contributed by atoms with van der Waals surface area (Å²) in [5.41, 5.74) is 1.63. The van der Waals surface area contributed by atoms with E-state index in [1.165, 1.54) is 0 Å². The van der Waals surface area contributed by atoms with E-state index in [4.69, 9.17) is 4.74 Å². The van der Waals surface area contributed by atoms with E-state index in [2.05, 4.69) is 9.71 Å². The van der Waals surface area contributed by atoms with Crippen LogP contribution in [0.25, 0.3) is 11.1 Å². The highest BCUT2D eigenvalue weighted by Crippen LogP contribution is 2.32. The summed E-state index contributed by atoms with van der Waals surface area (Å²) >= 11 is 0. The Balaban J connectivity index is 1.61. The molecule has 0 aliphatic carbocycles. The number of ether oxygens (including phenoxy) is 1. The zero-order valence-corrected chi connectivity index (χ0v) is 13.5. The lowest BCUT2D eigenvalue weighted by molar-refractivity contribution is 0.463. The molecule has 0 saturated carbocycles. The number of hydrogen-bond acceptors (Lipinski definition) is 4. The summed E-state index contributed by atoms with van der Waals surface area (Å²) in [5.74, 6) is 1.88. The summed E-state index contributed by atoms with van der Waals surface area (Å²) < 4.78 is 33.8. The number of nitrogens with zero attached hydrogens (tertiary/aromatic N) is 2. The van der Waals surface area contributed by atoms with Gasteiger partial charge in [-0.2, -0.15) is 0 Å². The van der Waals surface area contributed by atoms with Crippen molar-refractivity contribution in [2.75, 3.05) is 10.5 Å². The van der Waals surface area contributed by atoms with Gasteiger partial charge in [0, 0.05) is 36.1 Å². The first kappa shape index (κ1) is 14.8. The molecular formula is C17H15N3O3S. The number of hydrogen-bond donors (Lipinski definition) is 1. The van der Waals surface area contributed by atoms with Gasteiger partial charge in [0.25, 0.3) is 0 Å². The topological polar surface area (TPSA) is 73.2 Å². The van der Waals surface area contributed by atoms with Crippen LogP contribution in [0.1, 0.15) is 0 Å². The van der Waals surface area contributed by atoms with Crippen molar-refractivity contribution in [2.45, 2.75) is 6.54 Å². The van der Waals surface area contributed by atoms with Crippen LogP contribution < -0.4 is 9.46 Å². The van der Waals surface area contributed by atoms with Gasteiger partial charge >= 0.3 is 0 Å². The number of rotatable bonds is 3. The number of para-hydroxylation sites is 1. The summed E-state index contributed by atoms with van der Waals surface area (Å²) in [6.45, 7) is 0.452. The van der Waals surface area contributed by atoms with Crippen molar-refractivity contribution in [2.24, 2.45) is 0 Å². The number of nitrogens with one attached hydrogen (secondary N) is 1. The molecule has 0 fully saturated rings. The van der Waals surface area contributed by atoms with Crippen LogP contribution in [0.2, 0.25) is 0 Å². The Labute approximate surface area is 139 Å². The second kappa shape index (κ2) is 5.68. The van der Waals surface area contributed by atoms with Crippen molar-refractivity contribution >= 4 is 15.8 Å². The van der Waals surface area contributed by atoms with Gasteiger partial charge < -0.3 is 9.30 Å². The molecule has 0 unspecified atom stereocenters. The van der Waals surface area contributed by atoms with E-state index in [9.17, 15) is 8.42 Å². The molecule has 3 aromatic rings. The lowest BCUT2D eigenvalue weighted by atomic mass is 10.1. The summed E-state index contributed by atoms with van der Waals surface area (Å²) in [7, 11) is -3.26. The molecule has 24 heavy (non-hydrogen) atoms. The molecule has 7 heteroatoms. The first-order valence-corrected chi connectivity index (χ1v) is 9.15. The van der Waals surface area contributed by atoms with Crippen LogP contribution >= 0.6 is 0 Å². The molecule has 0 saturated heterocycles. The van der Waals surface area contributed by atoms with Gasteiger partial charge in [0.15, 0.2) is 0 Å². The van der Waals surface area contributed by atoms with Crippen molar-refractivity contribution in [3.8, 4) is 22.8 Å². The van der Waals surface area contributed by atoms with Gasteiger partial charge in [-0.3, -0.25) is 4.72 Å². The minimum Gasteiger partial charge on any atom is -0.439 e. The van der Waals surface area contributed by atoms with E-state index in [1.807, 2.05) is 53.2 Å². The third kappa shape index (κ3) is 2.85. The number of sulfonamides is 1. The smallest absolute Gasteiger partial charge is 0.235 e. The van der Waals surface area contributed by atoms with Gasteiger partial charge in [0.2, 0.25) is 15.9 Å². The standard InChI is InChI=1S/C17H15N3O3S/c21-24(22)11-10-20-9-8-15(17(20)19-24)13-6-7-16(18-12-13)23-14-4-2-1-3-5-14/h1-9,12,19H,10-11H2. The molecular weight excluding hydrogens is 326 g/mol. The molecule has 0 amide bonds. The van der Waals surface area contributed by atoms with Crippen molar-refractivity contribution in [1.82, 2.24) is 9.55 Å². The molecule has 0 radical (unpaired) electrons. The van der Waals surface area contributed by atoms with Crippen molar-refractivity contribution in [3.63, 3.8) is 0 Å². The van der Waals surface area contributed by atoms with E-state index >= 15 is 0 Å². The first-order chi connectivity index (χ1) is 11.6. The van der Waals surface area contributed by atoms with Crippen molar-refractivity contribution in [1.29, 1.82) is 0 Å². The fourth-order valence-corrected chi connectivity index (χ4v) is 3.69. The summed E-state index contributed by atoms with van der Waals surface area (Å²) in [6.07, 6.45) is 3.55. The number of pyridine rings is 1. The van der Waals surface area contributed by atoms with Crippen LogP contribution in [0.15, 0.2) is 60.9 Å². The third-order valence-corrected chi connectivity index (χ3v) is 5.05. The largest absolute Gasteiger partial charge is 0.439 e. The molecule has 0 spiro atoms. The zero-order valence-electron chi connectivity index (χ0n) is 12.7. The minimum absolute atomic E-state index is 0.0935. The van der Waals surface area contributed by atoms with Crippen LogP contribution in [-0.4, -0.2) is 23.7 Å². The molecule has 0 atom stereocenters. The maximum atomic E-state index is 11.8. The Hall–Kier alpha value is -2.80. The molecule has 1 aliphatic rings. The predicted octanol–water partition coefficient (Wildman–Crippen LogP) is 3.10. The monoisotopic (exact) mass is 341 g/mol. The Morgan fingerprint density at radius 2 is 1.92 bits per heavy atom. The highest BCUT2D eigenvalue weighted by molar-refractivity contribution is 7.92. The molecule has 1 aromatic carbocycles. The normalized spacial score (nSPS) is 15.3. The molecule has 1 N–H and O–H groups in total. The molecule has 4 rings (SSSR count). The quantitative estimate of drug-likeness (QED) is 0.794. The van der Waals surface area contributed by atoms with Crippen LogP contribution in [0.5, 0.6) is 11.6 Å². The number of anilines is 1. The van der Waals surface area contributed by atoms with Crippen LogP contribution in [0.3, 0.4) is 0 Å². The lowest BCUT2D eigenvalue weighted by Crippen LogP contribution is -2.27. The molecule has 6 nitrogen and oxygen atoms in total. The second-order valence-corrected chi connectivity index (χ2v) is 7.33. The van der Waals surface area contributed by atoms with Gasteiger partial charge in [0.05, 0.1) is 5.75 Å². The summed E-state index contributed by atoms with van der Waals surface area (Å²) in [5, 5.41) is 0. The Bertz CT molecular complexity index is 964. The molecule has 0 bridgehead atoms. The number of aryl methyl sites for hydroxylation is 1. The lowest BCUT2D eigenvalue weighted by Gasteiger charge is -2.19. The third-order valence-electron chi connectivity index (χ3n) is 3.83. The van der Waals surface area contributed by atoms with Gasteiger partial charge in [-0.25, -0.2) is 13.4 Å². The van der Waals surface area contributed by atoms with Gasteiger partial charge in [-0.15, -0.1) is 0 Å². The zero-order chi connectivity index (χ0) is 16.6. The molecule has 122 valence electrons. The Morgan fingerprint density at radius 1 is 1.08 bits per heavy atom. The van der Waals surface area contributed by atoms with Crippen molar-refractivity contribution in [3.05, 3.63) is 60.9 Å². The number of fused-ring (bicyclic) bond motifs is 1. The van der Waals surface area contributed by atoms with E-state index in [1.54, 1.807) is 12.3 Å². The van der Waals surface area contributed by atoms with Crippen LogP contribution in [0, 0.1) is 0 Å². The van der Waals surface area contributed by atoms with E-state index in [0.717, 1.165) is 11.1 Å². The fraction of sp³-hybridized carbons (Fsp3) is 0.118. The van der Waals surface area contributed by atoms with E-state index in [-0.39, 0.29) is 5.75 Å². The Morgan fingerprint density at radius 3 is 2.67 bits per heavy atom. The number of benzene rings is 1. The molecule has 3 heterocycles. The summed E-state index contributed by atoms with van der Waals surface area (Å²) in [6, 6.07) is 14.9. The van der Waals surface area contributed by atoms with Gasteiger partial charge in [-0.1, -0.05) is 18.2 Å². The highest BCUT2D eigenvalue weighted by atomic mass is 32.2. The predicted molar refractivity (Wildman–Crippen MR) is 91.6 cm³/mol. The fourth-order valence-electron chi connectivity index (χ4n) is 2.63. The minimum atomic E-state index is -3.26. The summed E-state index contributed by atoms with van der Waals surface area (Å²) in [4.78, 5) is 4.31. The van der Waals surface area contributed by atoms with Gasteiger partial charge in [-0.05, 0) is 24.3 Å². The van der Waals surface area contributed by atoms with Gasteiger partial charge in [0.1, 0.15) is 11.6 Å². The van der Waals surface area contributed by atoms with Crippen molar-refractivity contribution < 1.29 is 13.2 Å². The SMILES string of the molecule is O=S1(=O)CCn2ccc(-c3ccc(Oc4ccccc4)nc3)c2N1. The Kier molecular flexibility index (Phi) is 3.50. The first-order valence-electron chi connectivity index (χ1n) is 7.50. The highest BCUT2D eigenvalue weighted by Gasteiger charge is 2.23. The average molecular weight is 341 g/mol. The van der Waals surface area contributed by atoms with E-state index < -0.39 is 10.0 Å².